The molecule has 0 bridgehead atoms. The molecule has 2 aromatic carbocycles. The van der Waals surface area contributed by atoms with Crippen LogP contribution in [0.5, 0.6) is 5.75 Å². The minimum atomic E-state index is -0.708. The van der Waals surface area contributed by atoms with Crippen molar-refractivity contribution in [3.05, 3.63) is 59.8 Å². The van der Waals surface area contributed by atoms with Crippen LogP contribution in [-0.4, -0.2) is 49.7 Å². The molecule has 0 saturated carbocycles. The molecular formula is C26H26N4O6. The number of nitrogens with two attached hydrogens (primary N) is 1. The minimum Gasteiger partial charge on any atom is -0.497 e. The van der Waals surface area contributed by atoms with E-state index in [-0.39, 0.29) is 55.6 Å². The summed E-state index contributed by atoms with van der Waals surface area (Å²) in [6.07, 6.45) is 0.650. The second-order valence-corrected chi connectivity index (χ2v) is 8.12. The van der Waals surface area contributed by atoms with Crippen LogP contribution >= 0.6 is 0 Å². The third-order valence-electron chi connectivity index (χ3n) is 5.92. The maximum absolute atomic E-state index is 13.6. The zero-order chi connectivity index (χ0) is 25.8. The number of aliphatic imine (C=N–C) groups is 1. The number of rotatable bonds is 6. The first-order valence-corrected chi connectivity index (χ1v) is 11.5. The number of hydrogen-bond donors (Lipinski definition) is 1. The summed E-state index contributed by atoms with van der Waals surface area (Å²) in [6.45, 7) is 2.06. The molecule has 2 saturated heterocycles. The molecule has 2 aliphatic heterocycles. The minimum absolute atomic E-state index is 0.0333. The topological polar surface area (TPSA) is 132 Å². The zero-order valence-corrected chi connectivity index (χ0v) is 20.0. The molecular weight excluding hydrogens is 464 g/mol. The van der Waals surface area contributed by atoms with E-state index >= 15 is 0 Å². The van der Waals surface area contributed by atoms with Crippen molar-refractivity contribution in [3.63, 3.8) is 0 Å². The van der Waals surface area contributed by atoms with E-state index in [1.165, 1.54) is 4.90 Å². The van der Waals surface area contributed by atoms with Gasteiger partial charge in [0, 0.05) is 30.6 Å². The predicted octanol–water partition coefficient (Wildman–Crippen LogP) is 2.63. The number of benzene rings is 2. The second kappa shape index (κ2) is 10.4. The van der Waals surface area contributed by atoms with Gasteiger partial charge in [-0.05, 0) is 61.9 Å². The van der Waals surface area contributed by atoms with Gasteiger partial charge in [0.1, 0.15) is 17.2 Å². The molecule has 10 heteroatoms. The van der Waals surface area contributed by atoms with Gasteiger partial charge in [-0.25, -0.2) is 9.79 Å². The number of amides is 3. The summed E-state index contributed by atoms with van der Waals surface area (Å²) in [5.41, 5.74) is 7.78. The first-order valence-electron chi connectivity index (χ1n) is 11.5. The van der Waals surface area contributed by atoms with Gasteiger partial charge in [-0.2, -0.15) is 0 Å². The van der Waals surface area contributed by atoms with E-state index in [0.717, 1.165) is 4.90 Å². The van der Waals surface area contributed by atoms with Crippen LogP contribution in [0.1, 0.15) is 26.2 Å². The number of esters is 1. The molecule has 10 nitrogen and oxygen atoms in total. The van der Waals surface area contributed by atoms with Crippen LogP contribution in [0.25, 0.3) is 0 Å². The van der Waals surface area contributed by atoms with E-state index in [1.807, 2.05) is 0 Å². The molecule has 2 aliphatic rings. The quantitative estimate of drug-likeness (QED) is 0.374. The lowest BCUT2D eigenvalue weighted by atomic mass is 9.97. The molecule has 2 fully saturated rings. The average Bonchev–Trinajstić information content (AvgIpc) is 3.23. The average molecular weight is 491 g/mol. The van der Waals surface area contributed by atoms with Crippen molar-refractivity contribution in [1.29, 1.82) is 0 Å². The smallest absolute Gasteiger partial charge is 0.354 e. The molecule has 2 heterocycles. The Labute approximate surface area is 208 Å². The molecule has 0 radical (unpaired) electrons. The van der Waals surface area contributed by atoms with E-state index in [9.17, 15) is 19.2 Å². The number of carbonyl (C=O) groups excluding carboxylic acids is 4. The Morgan fingerprint density at radius 2 is 1.56 bits per heavy atom. The Bertz CT molecular complexity index is 1250. The SMILES string of the molecule is CCOC(=O)C(N)=C1CCN(c2ccc(N3C(=O)CCC3=O)cc2)C(=O)C1=Nc1ccc(OC)cc1. The molecule has 0 unspecified atom stereocenters. The van der Waals surface area contributed by atoms with Crippen molar-refractivity contribution in [2.75, 3.05) is 30.1 Å². The number of piperidine rings is 1. The van der Waals surface area contributed by atoms with E-state index < -0.39 is 11.9 Å². The summed E-state index contributed by atoms with van der Waals surface area (Å²) in [6, 6.07) is 13.4. The first kappa shape index (κ1) is 24.6. The van der Waals surface area contributed by atoms with Crippen molar-refractivity contribution < 1.29 is 28.7 Å². The fourth-order valence-corrected chi connectivity index (χ4v) is 4.09. The van der Waals surface area contributed by atoms with Gasteiger partial charge in [0.25, 0.3) is 5.91 Å². The van der Waals surface area contributed by atoms with Crippen molar-refractivity contribution in [1.82, 2.24) is 0 Å². The van der Waals surface area contributed by atoms with Crippen LogP contribution in [0.3, 0.4) is 0 Å². The Hall–Kier alpha value is -4.47. The van der Waals surface area contributed by atoms with Crippen molar-refractivity contribution in [2.45, 2.75) is 26.2 Å². The second-order valence-electron chi connectivity index (χ2n) is 8.12. The summed E-state index contributed by atoms with van der Waals surface area (Å²) in [4.78, 5) is 57.2. The summed E-state index contributed by atoms with van der Waals surface area (Å²) in [7, 11) is 1.55. The number of carbonyl (C=O) groups is 4. The van der Waals surface area contributed by atoms with E-state index in [2.05, 4.69) is 4.99 Å². The lowest BCUT2D eigenvalue weighted by Gasteiger charge is -2.30. The zero-order valence-electron chi connectivity index (χ0n) is 20.0. The first-order chi connectivity index (χ1) is 17.3. The monoisotopic (exact) mass is 490 g/mol. The highest BCUT2D eigenvalue weighted by atomic mass is 16.5. The Morgan fingerprint density at radius 3 is 2.14 bits per heavy atom. The van der Waals surface area contributed by atoms with Crippen molar-refractivity contribution >= 4 is 46.5 Å². The third-order valence-corrected chi connectivity index (χ3v) is 5.92. The Balaban J connectivity index is 1.68. The highest BCUT2D eigenvalue weighted by Gasteiger charge is 2.34. The number of imide groups is 1. The van der Waals surface area contributed by atoms with Crippen molar-refractivity contribution in [3.8, 4) is 5.75 Å². The van der Waals surface area contributed by atoms with E-state index in [0.29, 0.717) is 28.4 Å². The summed E-state index contributed by atoms with van der Waals surface area (Å²) >= 11 is 0. The van der Waals surface area contributed by atoms with Crippen LogP contribution in [0.2, 0.25) is 0 Å². The molecule has 186 valence electrons. The van der Waals surface area contributed by atoms with Gasteiger partial charge in [-0.15, -0.1) is 0 Å². The van der Waals surface area contributed by atoms with Crippen LogP contribution in [0.4, 0.5) is 17.1 Å². The lowest BCUT2D eigenvalue weighted by Crippen LogP contribution is -2.44. The number of hydrogen-bond acceptors (Lipinski definition) is 8. The molecule has 3 amide bonds. The molecule has 0 atom stereocenters. The Morgan fingerprint density at radius 1 is 0.944 bits per heavy atom. The largest absolute Gasteiger partial charge is 0.497 e. The van der Waals surface area contributed by atoms with Gasteiger partial charge in [0.05, 0.1) is 25.1 Å². The molecule has 0 spiro atoms. The number of ether oxygens (including phenoxy) is 2. The number of methoxy groups -OCH3 is 1. The van der Waals surface area contributed by atoms with Crippen LogP contribution < -0.4 is 20.3 Å². The molecule has 0 aliphatic carbocycles. The third kappa shape index (κ3) is 4.83. The fraction of sp³-hybridized carbons (Fsp3) is 0.269. The van der Waals surface area contributed by atoms with Crippen LogP contribution in [0.15, 0.2) is 64.8 Å². The fourth-order valence-electron chi connectivity index (χ4n) is 4.09. The number of nitrogens with zero attached hydrogens (tertiary/aromatic N) is 3. The van der Waals surface area contributed by atoms with Gasteiger partial charge in [0.15, 0.2) is 0 Å². The number of anilines is 2. The molecule has 4 rings (SSSR count). The maximum atomic E-state index is 13.6. The summed E-state index contributed by atoms with van der Waals surface area (Å²) < 4.78 is 10.2. The van der Waals surface area contributed by atoms with E-state index in [1.54, 1.807) is 62.6 Å². The highest BCUT2D eigenvalue weighted by Crippen LogP contribution is 2.30. The predicted molar refractivity (Wildman–Crippen MR) is 133 cm³/mol. The normalized spacial score (nSPS) is 18.6. The molecule has 36 heavy (non-hydrogen) atoms. The molecule has 2 N–H and O–H groups in total. The van der Waals surface area contributed by atoms with Gasteiger partial charge in [0.2, 0.25) is 11.8 Å². The van der Waals surface area contributed by atoms with Crippen LogP contribution in [0, 0.1) is 0 Å². The highest BCUT2D eigenvalue weighted by molar-refractivity contribution is 6.51. The van der Waals surface area contributed by atoms with Crippen LogP contribution in [-0.2, 0) is 23.9 Å². The molecule has 2 aromatic rings. The standard InChI is InChI=1S/C26H26N4O6/c1-3-36-26(34)23(27)20-14-15-29(25(33)24(20)28-16-4-10-19(35-2)11-5-16)17-6-8-18(9-7-17)30-21(31)12-13-22(30)32/h4-11H,3,12-15,27H2,1-2H3. The van der Waals surface area contributed by atoms with Gasteiger partial charge in [-0.3, -0.25) is 19.3 Å². The Kier molecular flexibility index (Phi) is 7.14. The lowest BCUT2D eigenvalue weighted by molar-refractivity contribution is -0.138. The maximum Gasteiger partial charge on any atom is 0.354 e. The van der Waals surface area contributed by atoms with Gasteiger partial charge < -0.3 is 20.1 Å². The summed E-state index contributed by atoms with van der Waals surface area (Å²) in [5, 5.41) is 0. The molecule has 0 aromatic heterocycles. The van der Waals surface area contributed by atoms with Crippen molar-refractivity contribution in [2.24, 2.45) is 10.7 Å². The van der Waals surface area contributed by atoms with Gasteiger partial charge >= 0.3 is 5.97 Å². The van der Waals surface area contributed by atoms with Gasteiger partial charge in [-0.1, -0.05) is 0 Å². The summed E-state index contributed by atoms with van der Waals surface area (Å²) in [5.74, 6) is -1.02. The van der Waals surface area contributed by atoms with E-state index in [4.69, 9.17) is 15.2 Å².